The van der Waals surface area contributed by atoms with Crippen molar-refractivity contribution in [2.24, 2.45) is 0 Å². The molecule has 0 N–H and O–H groups in total. The van der Waals surface area contributed by atoms with Gasteiger partial charge in [-0.05, 0) is 31.0 Å². The van der Waals surface area contributed by atoms with Crippen LogP contribution >= 0.6 is 0 Å². The van der Waals surface area contributed by atoms with Gasteiger partial charge in [0.05, 0.1) is 13.2 Å². The molecule has 0 saturated heterocycles. The highest BCUT2D eigenvalue weighted by Gasteiger charge is 1.97. The molecule has 1 rings (SSSR count). The maximum atomic E-state index is 5.56. The Kier molecular flexibility index (Phi) is 5.67. The molecular weight excluding hydrogens is 188 g/mol. The first kappa shape index (κ1) is 11.9. The van der Waals surface area contributed by atoms with Gasteiger partial charge < -0.3 is 9.47 Å². The minimum atomic E-state index is 0.742. The molecule has 0 bridgehead atoms. The lowest BCUT2D eigenvalue weighted by molar-refractivity contribution is 0.297. The van der Waals surface area contributed by atoms with Gasteiger partial charge in [-0.3, -0.25) is 0 Å². The van der Waals surface area contributed by atoms with Gasteiger partial charge in [0.25, 0.3) is 0 Å². The summed E-state index contributed by atoms with van der Waals surface area (Å²) in [6, 6.07) is 8.61. The molecule has 1 aromatic rings. The van der Waals surface area contributed by atoms with Gasteiger partial charge in [0.2, 0.25) is 0 Å². The number of unbranched alkanes of at least 4 members (excludes halogenated alkanes) is 1. The zero-order valence-corrected chi connectivity index (χ0v) is 9.58. The van der Waals surface area contributed by atoms with Crippen LogP contribution < -0.4 is 9.47 Å². The van der Waals surface area contributed by atoms with E-state index in [1.165, 1.54) is 0 Å². The average Bonchev–Trinajstić information content (AvgIpc) is 2.27. The van der Waals surface area contributed by atoms with Crippen molar-refractivity contribution < 1.29 is 9.47 Å². The van der Waals surface area contributed by atoms with E-state index in [1.807, 2.05) is 18.2 Å². The van der Waals surface area contributed by atoms with Crippen molar-refractivity contribution in [2.75, 3.05) is 13.2 Å². The molecule has 1 aromatic carbocycles. The summed E-state index contributed by atoms with van der Waals surface area (Å²) in [7, 11) is 0. The summed E-state index contributed by atoms with van der Waals surface area (Å²) in [6.07, 6.45) is 3.25. The van der Waals surface area contributed by atoms with Crippen molar-refractivity contribution in [2.45, 2.75) is 33.1 Å². The maximum Gasteiger partial charge on any atom is 0.123 e. The minimum Gasteiger partial charge on any atom is -0.493 e. The lowest BCUT2D eigenvalue weighted by Crippen LogP contribution is -1.98. The number of hydrogen-bond donors (Lipinski definition) is 0. The Morgan fingerprint density at radius 3 is 2.27 bits per heavy atom. The third-order valence-corrected chi connectivity index (χ3v) is 1.98. The van der Waals surface area contributed by atoms with Crippen molar-refractivity contribution in [3.63, 3.8) is 0 Å². The van der Waals surface area contributed by atoms with Crippen molar-refractivity contribution in [1.29, 1.82) is 0 Å². The lowest BCUT2D eigenvalue weighted by Gasteiger charge is -2.08. The van der Waals surface area contributed by atoms with Crippen LogP contribution in [0, 0.1) is 6.07 Å². The average molecular weight is 207 g/mol. The van der Waals surface area contributed by atoms with Crippen molar-refractivity contribution in [3.05, 3.63) is 24.3 Å². The Hall–Kier alpha value is -1.18. The van der Waals surface area contributed by atoms with Crippen LogP contribution in [-0.2, 0) is 0 Å². The van der Waals surface area contributed by atoms with Crippen LogP contribution in [0.3, 0.4) is 0 Å². The molecule has 1 radical (unpaired) electrons. The molecule has 0 heterocycles. The van der Waals surface area contributed by atoms with E-state index in [0.29, 0.717) is 0 Å². The summed E-state index contributed by atoms with van der Waals surface area (Å²) in [5, 5.41) is 0. The molecule has 0 aromatic heterocycles. The summed E-state index contributed by atoms with van der Waals surface area (Å²) in [5.74, 6) is 1.68. The first-order chi connectivity index (χ1) is 7.36. The summed E-state index contributed by atoms with van der Waals surface area (Å²) in [4.78, 5) is 0. The molecule has 83 valence electrons. The third kappa shape index (κ3) is 4.73. The zero-order valence-electron chi connectivity index (χ0n) is 9.58. The molecular formula is C13H19O2. The fourth-order valence-corrected chi connectivity index (χ4v) is 1.15. The minimum absolute atomic E-state index is 0.742. The summed E-state index contributed by atoms with van der Waals surface area (Å²) < 4.78 is 11.0. The van der Waals surface area contributed by atoms with Crippen LogP contribution in [0.4, 0.5) is 0 Å². The van der Waals surface area contributed by atoms with E-state index in [9.17, 15) is 0 Å². The predicted octanol–water partition coefficient (Wildman–Crippen LogP) is 3.45. The van der Waals surface area contributed by atoms with Crippen LogP contribution in [-0.4, -0.2) is 13.2 Å². The number of hydrogen-bond acceptors (Lipinski definition) is 2. The summed E-state index contributed by atoms with van der Waals surface area (Å²) in [5.41, 5.74) is 0. The highest BCUT2D eigenvalue weighted by molar-refractivity contribution is 5.32. The number of benzene rings is 1. The molecule has 0 amide bonds. The highest BCUT2D eigenvalue weighted by Crippen LogP contribution is 2.19. The van der Waals surface area contributed by atoms with E-state index in [-0.39, 0.29) is 0 Å². The van der Waals surface area contributed by atoms with E-state index in [0.717, 1.165) is 44.0 Å². The first-order valence-corrected chi connectivity index (χ1v) is 5.63. The monoisotopic (exact) mass is 207 g/mol. The van der Waals surface area contributed by atoms with E-state index < -0.39 is 0 Å². The van der Waals surface area contributed by atoms with E-state index in [2.05, 4.69) is 19.9 Å². The molecule has 0 aliphatic rings. The summed E-state index contributed by atoms with van der Waals surface area (Å²) in [6.45, 7) is 5.75. The quantitative estimate of drug-likeness (QED) is 0.637. The van der Waals surface area contributed by atoms with E-state index in [4.69, 9.17) is 9.47 Å². The molecule has 0 spiro atoms. The summed E-state index contributed by atoms with van der Waals surface area (Å²) >= 11 is 0. The normalized spacial score (nSPS) is 10.0. The third-order valence-electron chi connectivity index (χ3n) is 1.98. The fraction of sp³-hybridized carbons (Fsp3) is 0.538. The molecule has 0 saturated carbocycles. The van der Waals surface area contributed by atoms with Crippen LogP contribution in [0.5, 0.6) is 11.5 Å². The van der Waals surface area contributed by atoms with Gasteiger partial charge in [0.1, 0.15) is 11.5 Å². The molecule has 0 unspecified atom stereocenters. The van der Waals surface area contributed by atoms with Crippen LogP contribution in [0.15, 0.2) is 18.2 Å². The Morgan fingerprint density at radius 2 is 1.67 bits per heavy atom. The van der Waals surface area contributed by atoms with Crippen LogP contribution in [0.2, 0.25) is 0 Å². The standard InChI is InChI=1S/C13H19O2/c1-3-5-10-15-13-8-6-7-12(11-13)14-9-4-2/h7-8,11H,3-5,9-10H2,1-2H3. The smallest absolute Gasteiger partial charge is 0.123 e. The van der Waals surface area contributed by atoms with E-state index in [1.54, 1.807) is 0 Å². The second kappa shape index (κ2) is 7.16. The Labute approximate surface area is 92.2 Å². The van der Waals surface area contributed by atoms with Gasteiger partial charge in [0, 0.05) is 6.07 Å². The second-order valence-corrected chi connectivity index (χ2v) is 3.45. The van der Waals surface area contributed by atoms with Gasteiger partial charge in [0.15, 0.2) is 0 Å². The number of rotatable bonds is 7. The van der Waals surface area contributed by atoms with Gasteiger partial charge in [-0.15, -0.1) is 0 Å². The topological polar surface area (TPSA) is 18.5 Å². The second-order valence-electron chi connectivity index (χ2n) is 3.45. The lowest BCUT2D eigenvalue weighted by atomic mass is 10.3. The Morgan fingerprint density at radius 1 is 1.00 bits per heavy atom. The molecule has 0 aliphatic carbocycles. The molecule has 0 fully saturated rings. The molecule has 2 heteroatoms. The van der Waals surface area contributed by atoms with E-state index >= 15 is 0 Å². The van der Waals surface area contributed by atoms with Crippen LogP contribution in [0.1, 0.15) is 33.1 Å². The van der Waals surface area contributed by atoms with Gasteiger partial charge in [-0.25, -0.2) is 0 Å². The van der Waals surface area contributed by atoms with Crippen LogP contribution in [0.25, 0.3) is 0 Å². The zero-order chi connectivity index (χ0) is 10.9. The first-order valence-electron chi connectivity index (χ1n) is 5.63. The van der Waals surface area contributed by atoms with Gasteiger partial charge >= 0.3 is 0 Å². The molecule has 15 heavy (non-hydrogen) atoms. The molecule has 0 atom stereocenters. The van der Waals surface area contributed by atoms with Gasteiger partial charge in [-0.2, -0.15) is 0 Å². The molecule has 0 aliphatic heterocycles. The predicted molar refractivity (Wildman–Crippen MR) is 61.5 cm³/mol. The van der Waals surface area contributed by atoms with Gasteiger partial charge in [-0.1, -0.05) is 20.3 Å². The number of ether oxygens (including phenoxy) is 2. The highest BCUT2D eigenvalue weighted by atomic mass is 16.5. The van der Waals surface area contributed by atoms with Crippen molar-refractivity contribution in [1.82, 2.24) is 0 Å². The maximum absolute atomic E-state index is 5.56. The fourth-order valence-electron chi connectivity index (χ4n) is 1.15. The Balaban J connectivity index is 2.42. The van der Waals surface area contributed by atoms with Crippen molar-refractivity contribution >= 4 is 0 Å². The van der Waals surface area contributed by atoms with Crippen molar-refractivity contribution in [3.8, 4) is 11.5 Å². The SMILES string of the molecule is CCCCOc1c[c]cc(OCCC)c1. The largest absolute Gasteiger partial charge is 0.493 e. The molecule has 2 nitrogen and oxygen atoms in total. The Bertz CT molecular complexity index is 271.